The monoisotopic (exact) mass is 348 g/mol. The molecule has 0 fully saturated rings. The van der Waals surface area contributed by atoms with E-state index in [0.29, 0.717) is 11.4 Å². The molecule has 0 radical (unpaired) electrons. The molecule has 6 heteroatoms. The molecule has 0 aliphatic rings. The Kier molecular flexibility index (Phi) is 5.14. The number of rotatable bonds is 6. The van der Waals surface area contributed by atoms with E-state index in [1.54, 1.807) is 24.3 Å². The summed E-state index contributed by atoms with van der Waals surface area (Å²) < 4.78 is 0. The van der Waals surface area contributed by atoms with Crippen LogP contribution in [0.15, 0.2) is 78.9 Å². The molecule has 0 amide bonds. The average Bonchev–Trinajstić information content (AvgIpc) is 2.67. The van der Waals surface area contributed by atoms with E-state index in [9.17, 15) is 14.7 Å². The first-order valence-electron chi connectivity index (χ1n) is 7.85. The Labute approximate surface area is 150 Å². The van der Waals surface area contributed by atoms with Crippen LogP contribution >= 0.6 is 0 Å². The maximum absolute atomic E-state index is 12.4. The van der Waals surface area contributed by atoms with Gasteiger partial charge >= 0.3 is 11.9 Å². The molecule has 0 aromatic heterocycles. The fourth-order valence-electron chi connectivity index (χ4n) is 2.30. The minimum Gasteiger partial charge on any atom is -0.478 e. The van der Waals surface area contributed by atoms with E-state index < -0.39 is 11.9 Å². The highest BCUT2D eigenvalue weighted by Crippen LogP contribution is 2.24. The van der Waals surface area contributed by atoms with Crippen LogP contribution in [0, 0.1) is 0 Å². The molecule has 0 atom stereocenters. The summed E-state index contributed by atoms with van der Waals surface area (Å²) in [6.45, 7) is 0. The van der Waals surface area contributed by atoms with Crippen LogP contribution < -0.4 is 10.8 Å². The first-order chi connectivity index (χ1) is 12.6. The molecular formula is C20H16N2O4. The summed E-state index contributed by atoms with van der Waals surface area (Å²) in [4.78, 5) is 28.8. The van der Waals surface area contributed by atoms with Crippen molar-refractivity contribution in [3.63, 3.8) is 0 Å². The number of hydrogen-bond acceptors (Lipinski definition) is 5. The molecule has 3 aromatic carbocycles. The lowest BCUT2D eigenvalue weighted by Crippen LogP contribution is -2.13. The number of carboxylic acids is 1. The summed E-state index contributed by atoms with van der Waals surface area (Å²) >= 11 is 0. The Morgan fingerprint density at radius 1 is 0.808 bits per heavy atom. The van der Waals surface area contributed by atoms with Crippen molar-refractivity contribution in [3.8, 4) is 0 Å². The largest absolute Gasteiger partial charge is 0.478 e. The molecule has 130 valence electrons. The van der Waals surface area contributed by atoms with Gasteiger partial charge in [-0.25, -0.2) is 15.1 Å². The van der Waals surface area contributed by atoms with Gasteiger partial charge in [-0.3, -0.25) is 0 Å². The average molecular weight is 348 g/mol. The normalized spacial score (nSPS) is 10.0. The van der Waals surface area contributed by atoms with Crippen molar-refractivity contribution in [2.45, 2.75) is 0 Å². The number of hydrogen-bond donors (Lipinski definition) is 3. The Morgan fingerprint density at radius 3 is 2.04 bits per heavy atom. The number of carbonyl (C=O) groups is 2. The third kappa shape index (κ3) is 4.18. The molecule has 0 heterocycles. The lowest BCUT2D eigenvalue weighted by Gasteiger charge is -2.13. The molecule has 6 nitrogen and oxygen atoms in total. The molecule has 0 bridgehead atoms. The minimum absolute atomic E-state index is 0.0657. The van der Waals surface area contributed by atoms with E-state index in [0.717, 1.165) is 5.69 Å². The van der Waals surface area contributed by atoms with E-state index in [2.05, 4.69) is 10.8 Å². The molecule has 0 aliphatic heterocycles. The number of aromatic carboxylic acids is 1. The molecule has 3 N–H and O–H groups in total. The highest BCUT2D eigenvalue weighted by Gasteiger charge is 2.16. The van der Waals surface area contributed by atoms with Crippen molar-refractivity contribution in [3.05, 3.63) is 90.0 Å². The van der Waals surface area contributed by atoms with Crippen molar-refractivity contribution in [1.29, 1.82) is 0 Å². The van der Waals surface area contributed by atoms with Crippen LogP contribution in [0.25, 0.3) is 0 Å². The predicted octanol–water partition coefficient (Wildman–Crippen LogP) is 4.31. The van der Waals surface area contributed by atoms with Gasteiger partial charge in [0.1, 0.15) is 0 Å². The molecule has 0 spiro atoms. The fraction of sp³-hybridized carbons (Fsp3) is 0. The van der Waals surface area contributed by atoms with Crippen LogP contribution in [-0.4, -0.2) is 17.0 Å². The predicted molar refractivity (Wildman–Crippen MR) is 98.6 cm³/mol. The topological polar surface area (TPSA) is 87.7 Å². The highest BCUT2D eigenvalue weighted by atomic mass is 16.7. The molecule has 0 aliphatic carbocycles. The van der Waals surface area contributed by atoms with Crippen LogP contribution in [0.5, 0.6) is 0 Å². The van der Waals surface area contributed by atoms with Gasteiger partial charge in [0.15, 0.2) is 0 Å². The number of carboxylic acid groups (broad SMARTS) is 1. The number of nitrogens with one attached hydrogen (secondary N) is 2. The Morgan fingerprint density at radius 2 is 1.42 bits per heavy atom. The second kappa shape index (κ2) is 7.85. The second-order valence-corrected chi connectivity index (χ2v) is 5.41. The van der Waals surface area contributed by atoms with Crippen LogP contribution in [-0.2, 0) is 4.84 Å². The Bertz CT molecular complexity index is 912. The summed E-state index contributed by atoms with van der Waals surface area (Å²) in [5.74, 6) is -1.72. The van der Waals surface area contributed by atoms with E-state index in [1.165, 1.54) is 18.2 Å². The van der Waals surface area contributed by atoms with Gasteiger partial charge < -0.3 is 15.3 Å². The van der Waals surface area contributed by atoms with Gasteiger partial charge in [0.05, 0.1) is 22.5 Å². The molecule has 26 heavy (non-hydrogen) atoms. The zero-order valence-electron chi connectivity index (χ0n) is 13.7. The number of benzene rings is 3. The van der Waals surface area contributed by atoms with E-state index >= 15 is 0 Å². The Hall–Kier alpha value is -3.80. The van der Waals surface area contributed by atoms with Crippen molar-refractivity contribution in [1.82, 2.24) is 0 Å². The number of anilines is 3. The van der Waals surface area contributed by atoms with Gasteiger partial charge in [0.2, 0.25) is 0 Å². The first kappa shape index (κ1) is 17.0. The van der Waals surface area contributed by atoms with Crippen LogP contribution in [0.4, 0.5) is 17.1 Å². The van der Waals surface area contributed by atoms with Crippen molar-refractivity contribution < 1.29 is 19.5 Å². The maximum Gasteiger partial charge on any atom is 0.364 e. The van der Waals surface area contributed by atoms with Gasteiger partial charge in [0, 0.05) is 5.69 Å². The highest BCUT2D eigenvalue weighted by molar-refractivity contribution is 5.99. The van der Waals surface area contributed by atoms with Gasteiger partial charge in [-0.2, -0.15) is 0 Å². The van der Waals surface area contributed by atoms with Crippen molar-refractivity contribution in [2.24, 2.45) is 0 Å². The van der Waals surface area contributed by atoms with E-state index in [-0.39, 0.29) is 11.1 Å². The third-order valence-corrected chi connectivity index (χ3v) is 3.57. The first-order valence-corrected chi connectivity index (χ1v) is 7.85. The summed E-state index contributed by atoms with van der Waals surface area (Å²) in [7, 11) is 0. The summed E-state index contributed by atoms with van der Waals surface area (Å²) in [6.07, 6.45) is 0. The van der Waals surface area contributed by atoms with Crippen LogP contribution in [0.2, 0.25) is 0 Å². The number of para-hydroxylation sites is 2. The molecular weight excluding hydrogens is 332 g/mol. The zero-order valence-corrected chi connectivity index (χ0v) is 13.7. The second-order valence-electron chi connectivity index (χ2n) is 5.41. The van der Waals surface area contributed by atoms with Gasteiger partial charge in [-0.05, 0) is 42.5 Å². The molecule has 3 aromatic rings. The van der Waals surface area contributed by atoms with Gasteiger partial charge in [0.25, 0.3) is 0 Å². The van der Waals surface area contributed by atoms with E-state index in [1.807, 2.05) is 36.4 Å². The lowest BCUT2D eigenvalue weighted by molar-refractivity contribution is 0.0595. The van der Waals surface area contributed by atoms with Gasteiger partial charge in [-0.1, -0.05) is 36.4 Å². The molecule has 0 saturated heterocycles. The zero-order chi connectivity index (χ0) is 18.4. The minimum atomic E-state index is -1.08. The van der Waals surface area contributed by atoms with Gasteiger partial charge in [-0.15, -0.1) is 0 Å². The molecule has 0 saturated carbocycles. The van der Waals surface area contributed by atoms with Crippen LogP contribution in [0.1, 0.15) is 20.7 Å². The van der Waals surface area contributed by atoms with Crippen molar-refractivity contribution in [2.75, 3.05) is 10.8 Å². The van der Waals surface area contributed by atoms with Crippen LogP contribution in [0.3, 0.4) is 0 Å². The van der Waals surface area contributed by atoms with E-state index in [4.69, 9.17) is 4.84 Å². The SMILES string of the molecule is O=C(O)c1ccc(C(=O)ONc2ccccc2)c(Nc2ccccc2)c1. The molecule has 3 rings (SSSR count). The fourth-order valence-corrected chi connectivity index (χ4v) is 2.30. The third-order valence-electron chi connectivity index (χ3n) is 3.57. The molecule has 0 unspecified atom stereocenters. The van der Waals surface area contributed by atoms with Crippen molar-refractivity contribution >= 4 is 29.0 Å². The quantitative estimate of drug-likeness (QED) is 0.575. The summed E-state index contributed by atoms with van der Waals surface area (Å²) in [6, 6.07) is 22.3. The maximum atomic E-state index is 12.4. The Balaban J connectivity index is 1.84. The number of carbonyl (C=O) groups excluding carboxylic acids is 1. The smallest absolute Gasteiger partial charge is 0.364 e. The summed E-state index contributed by atoms with van der Waals surface area (Å²) in [5.41, 5.74) is 4.55. The summed E-state index contributed by atoms with van der Waals surface area (Å²) in [5, 5.41) is 12.3. The lowest BCUT2D eigenvalue weighted by atomic mass is 10.1. The standard InChI is InChI=1S/C20H16N2O4/c23-19(24)14-11-12-17(18(13-14)21-15-7-3-1-4-8-15)20(25)26-22-16-9-5-2-6-10-16/h1-13,21-22H,(H,23,24).